The molecule has 7 nitrogen and oxygen atoms in total. The van der Waals surface area contributed by atoms with Gasteiger partial charge in [0.2, 0.25) is 0 Å². The molecule has 0 radical (unpaired) electrons. The van der Waals surface area contributed by atoms with E-state index in [0.717, 1.165) is 24.0 Å². The number of rotatable bonds is 7. The van der Waals surface area contributed by atoms with Crippen molar-refractivity contribution in [1.82, 2.24) is 10.3 Å². The van der Waals surface area contributed by atoms with E-state index >= 15 is 0 Å². The van der Waals surface area contributed by atoms with Gasteiger partial charge in [0.15, 0.2) is 0 Å². The number of aryl methyl sites for hydroxylation is 1. The van der Waals surface area contributed by atoms with Crippen molar-refractivity contribution in [1.29, 1.82) is 0 Å². The number of cyclic esters (lactones) is 1. The van der Waals surface area contributed by atoms with Gasteiger partial charge < -0.3 is 15.0 Å². The molecule has 9 heteroatoms. The Kier molecular flexibility index (Phi) is 6.62. The van der Waals surface area contributed by atoms with Crippen molar-refractivity contribution in [2.45, 2.75) is 25.9 Å². The Hall–Kier alpha value is -3.10. The van der Waals surface area contributed by atoms with Gasteiger partial charge in [0, 0.05) is 17.4 Å². The number of amides is 2. The number of hydrogen-bond acceptors (Lipinski definition) is 5. The Labute approximate surface area is 194 Å². The van der Waals surface area contributed by atoms with Gasteiger partial charge in [-0.1, -0.05) is 31.0 Å². The number of ether oxygens (including phenoxy) is 1. The molecule has 0 unspecified atom stereocenters. The summed E-state index contributed by atoms with van der Waals surface area (Å²) >= 11 is 7.07. The molecular formula is C23H22ClN3O4S. The molecule has 2 amide bonds. The van der Waals surface area contributed by atoms with Gasteiger partial charge in [-0.3, -0.25) is 14.5 Å². The van der Waals surface area contributed by atoms with Gasteiger partial charge in [-0.2, -0.15) is 0 Å². The third-order valence-electron chi connectivity index (χ3n) is 5.19. The summed E-state index contributed by atoms with van der Waals surface area (Å²) in [6, 6.07) is 12.5. The fourth-order valence-corrected chi connectivity index (χ4v) is 4.65. The maximum Gasteiger partial charge on any atom is 0.414 e. The molecule has 0 spiro atoms. The summed E-state index contributed by atoms with van der Waals surface area (Å²) in [5, 5.41) is 2.79. The van der Waals surface area contributed by atoms with Crippen molar-refractivity contribution < 1.29 is 14.3 Å². The van der Waals surface area contributed by atoms with Crippen LogP contribution in [0.25, 0.3) is 11.1 Å². The van der Waals surface area contributed by atoms with E-state index in [1.54, 1.807) is 35.4 Å². The first-order chi connectivity index (χ1) is 15.5. The summed E-state index contributed by atoms with van der Waals surface area (Å²) in [5.74, 6) is -0.251. The highest BCUT2D eigenvalue weighted by atomic mass is 35.5. The van der Waals surface area contributed by atoms with Gasteiger partial charge in [0.05, 0.1) is 22.3 Å². The molecule has 0 aliphatic carbocycles. The smallest absolute Gasteiger partial charge is 0.414 e. The third kappa shape index (κ3) is 4.71. The van der Waals surface area contributed by atoms with Gasteiger partial charge in [-0.05, 0) is 53.9 Å². The molecule has 3 heterocycles. The van der Waals surface area contributed by atoms with E-state index in [0.29, 0.717) is 27.0 Å². The third-order valence-corrected chi connectivity index (χ3v) is 6.42. The Bertz CT molecular complexity index is 1210. The predicted octanol–water partition coefficient (Wildman–Crippen LogP) is 4.46. The first-order valence-electron chi connectivity index (χ1n) is 10.3. The second-order valence-electron chi connectivity index (χ2n) is 7.43. The number of thiophene rings is 1. The lowest BCUT2D eigenvalue weighted by molar-refractivity contribution is 0.0920. The summed E-state index contributed by atoms with van der Waals surface area (Å²) in [6.07, 6.45) is 2.34. The van der Waals surface area contributed by atoms with Gasteiger partial charge in [0.1, 0.15) is 6.10 Å². The van der Waals surface area contributed by atoms with E-state index in [4.69, 9.17) is 16.3 Å². The number of carbonyl (C=O) groups is 2. The van der Waals surface area contributed by atoms with Crippen molar-refractivity contribution in [3.05, 3.63) is 73.8 Å². The minimum absolute atomic E-state index is 0.152. The van der Waals surface area contributed by atoms with Crippen LogP contribution >= 0.6 is 22.9 Å². The highest BCUT2D eigenvalue weighted by Gasteiger charge is 2.33. The van der Waals surface area contributed by atoms with Crippen LogP contribution in [0.4, 0.5) is 10.5 Å². The second kappa shape index (κ2) is 9.58. The van der Waals surface area contributed by atoms with Crippen LogP contribution in [-0.4, -0.2) is 36.2 Å². The quantitative estimate of drug-likeness (QED) is 0.532. The molecule has 1 fully saturated rings. The number of nitrogens with zero attached hydrogens (tertiary/aromatic N) is 1. The zero-order chi connectivity index (χ0) is 22.7. The number of carbonyl (C=O) groups excluding carboxylic acids is 2. The zero-order valence-electron chi connectivity index (χ0n) is 17.4. The molecule has 1 aromatic carbocycles. The SMILES string of the molecule is CCCc1cc(N2C[C@H](CNC(=O)c3ccc(Cl)s3)OC2=O)ccc1-c1ccc[nH]c1=O. The minimum Gasteiger partial charge on any atom is -0.442 e. The molecular weight excluding hydrogens is 450 g/mol. The Balaban J connectivity index is 1.49. The largest absolute Gasteiger partial charge is 0.442 e. The van der Waals surface area contributed by atoms with E-state index in [9.17, 15) is 14.4 Å². The predicted molar refractivity (Wildman–Crippen MR) is 126 cm³/mol. The van der Waals surface area contributed by atoms with Crippen LogP contribution in [0.5, 0.6) is 0 Å². The molecule has 1 aliphatic rings. The molecule has 3 aromatic rings. The average molecular weight is 472 g/mol. The monoisotopic (exact) mass is 471 g/mol. The fraction of sp³-hybridized carbons (Fsp3) is 0.261. The van der Waals surface area contributed by atoms with Crippen molar-refractivity contribution in [3.63, 3.8) is 0 Å². The van der Waals surface area contributed by atoms with Crippen molar-refractivity contribution in [2.24, 2.45) is 0 Å². The Morgan fingerprint density at radius 1 is 1.25 bits per heavy atom. The maximum atomic E-state index is 12.5. The molecule has 0 bridgehead atoms. The van der Waals surface area contributed by atoms with Crippen LogP contribution in [0, 0.1) is 0 Å². The molecule has 166 valence electrons. The van der Waals surface area contributed by atoms with Crippen LogP contribution in [0.3, 0.4) is 0 Å². The van der Waals surface area contributed by atoms with Crippen LogP contribution in [0.15, 0.2) is 53.5 Å². The lowest BCUT2D eigenvalue weighted by atomic mass is 9.97. The molecule has 2 aromatic heterocycles. The van der Waals surface area contributed by atoms with Crippen LogP contribution in [0.2, 0.25) is 4.34 Å². The highest BCUT2D eigenvalue weighted by molar-refractivity contribution is 7.18. The normalized spacial score (nSPS) is 15.6. The summed E-state index contributed by atoms with van der Waals surface area (Å²) in [7, 11) is 0. The minimum atomic E-state index is -0.465. The first-order valence-corrected chi connectivity index (χ1v) is 11.5. The number of halogens is 1. The summed E-state index contributed by atoms with van der Waals surface area (Å²) in [5.41, 5.74) is 2.99. The molecule has 1 aliphatic heterocycles. The standard InChI is InChI=1S/C23H22ClN3O4S/c1-2-4-14-11-15(6-7-17(14)18-5-3-10-25-21(18)28)27-13-16(31-23(27)30)12-26-22(29)19-8-9-20(24)32-19/h3,5-11,16H,2,4,12-13H2,1H3,(H,25,28)(H,26,29)/t16-/m0/s1. The molecule has 32 heavy (non-hydrogen) atoms. The number of aromatic nitrogens is 1. The van der Waals surface area contributed by atoms with Crippen LogP contribution in [0.1, 0.15) is 28.6 Å². The zero-order valence-corrected chi connectivity index (χ0v) is 19.0. The maximum absolute atomic E-state index is 12.5. The van der Waals surface area contributed by atoms with Crippen molar-refractivity contribution >= 4 is 40.6 Å². The van der Waals surface area contributed by atoms with E-state index in [1.807, 2.05) is 18.2 Å². The Morgan fingerprint density at radius 3 is 2.81 bits per heavy atom. The van der Waals surface area contributed by atoms with Gasteiger partial charge >= 0.3 is 6.09 Å². The lowest BCUT2D eigenvalue weighted by Gasteiger charge is -2.17. The van der Waals surface area contributed by atoms with Gasteiger partial charge in [-0.25, -0.2) is 4.79 Å². The number of benzene rings is 1. The summed E-state index contributed by atoms with van der Waals surface area (Å²) in [4.78, 5) is 41.8. The number of anilines is 1. The van der Waals surface area contributed by atoms with Crippen LogP contribution in [-0.2, 0) is 11.2 Å². The van der Waals surface area contributed by atoms with Gasteiger partial charge in [0.25, 0.3) is 11.5 Å². The first kappa shape index (κ1) is 22.1. The number of hydrogen-bond donors (Lipinski definition) is 2. The number of nitrogens with one attached hydrogen (secondary N) is 2. The lowest BCUT2D eigenvalue weighted by Crippen LogP contribution is -2.34. The number of H-pyrrole nitrogens is 1. The van der Waals surface area contributed by atoms with E-state index in [1.165, 1.54) is 11.3 Å². The summed E-state index contributed by atoms with van der Waals surface area (Å²) < 4.78 is 5.99. The molecule has 0 saturated carbocycles. The summed E-state index contributed by atoms with van der Waals surface area (Å²) in [6.45, 7) is 2.59. The van der Waals surface area contributed by atoms with Crippen LogP contribution < -0.4 is 15.8 Å². The molecule has 2 N–H and O–H groups in total. The number of aromatic amines is 1. The highest BCUT2D eigenvalue weighted by Crippen LogP contribution is 2.29. The van der Waals surface area contributed by atoms with E-state index in [2.05, 4.69) is 17.2 Å². The van der Waals surface area contributed by atoms with E-state index < -0.39 is 12.2 Å². The Morgan fingerprint density at radius 2 is 2.09 bits per heavy atom. The van der Waals surface area contributed by atoms with Crippen molar-refractivity contribution in [2.75, 3.05) is 18.0 Å². The van der Waals surface area contributed by atoms with E-state index in [-0.39, 0.29) is 18.0 Å². The van der Waals surface area contributed by atoms with Gasteiger partial charge in [-0.15, -0.1) is 11.3 Å². The topological polar surface area (TPSA) is 91.5 Å². The molecule has 4 rings (SSSR count). The molecule has 1 saturated heterocycles. The average Bonchev–Trinajstić information content (AvgIpc) is 3.38. The fourth-order valence-electron chi connectivity index (χ4n) is 3.69. The van der Waals surface area contributed by atoms with Crippen molar-refractivity contribution in [3.8, 4) is 11.1 Å². The second-order valence-corrected chi connectivity index (χ2v) is 9.15. The molecule has 1 atom stereocenters. The number of pyridine rings is 1.